The Kier molecular flexibility index (Phi) is 5.19. The monoisotopic (exact) mass is 355 g/mol. The highest BCUT2D eigenvalue weighted by Gasteiger charge is 2.13. The fourth-order valence-electron chi connectivity index (χ4n) is 2.58. The van der Waals surface area contributed by atoms with E-state index in [0.717, 1.165) is 24.2 Å². The number of aromatic nitrogens is 1. The first-order valence-electron chi connectivity index (χ1n) is 8.15. The molecule has 1 N–H and O–H groups in total. The SMILES string of the molecule is CCCCOc1ccc(-c2cc(C(=O)O)c3cc(Cl)ccc3n2)cc1. The fraction of sp³-hybridized carbons (Fsp3) is 0.200. The lowest BCUT2D eigenvalue weighted by atomic mass is 10.0. The van der Waals surface area contributed by atoms with Crippen LogP contribution in [0.1, 0.15) is 30.1 Å². The minimum absolute atomic E-state index is 0.186. The molecule has 1 heterocycles. The molecule has 2 aromatic carbocycles. The summed E-state index contributed by atoms with van der Waals surface area (Å²) in [5.41, 5.74) is 2.22. The van der Waals surface area contributed by atoms with Crippen molar-refractivity contribution in [1.82, 2.24) is 4.98 Å². The highest BCUT2D eigenvalue weighted by atomic mass is 35.5. The van der Waals surface area contributed by atoms with Crippen LogP contribution >= 0.6 is 11.6 Å². The van der Waals surface area contributed by atoms with Crippen molar-refractivity contribution in [3.8, 4) is 17.0 Å². The summed E-state index contributed by atoms with van der Waals surface area (Å²) in [6, 6.07) is 14.2. The molecule has 0 aliphatic heterocycles. The number of carboxylic acid groups (broad SMARTS) is 1. The van der Waals surface area contributed by atoms with Crippen molar-refractivity contribution in [3.63, 3.8) is 0 Å². The van der Waals surface area contributed by atoms with Crippen molar-refractivity contribution < 1.29 is 14.6 Å². The maximum atomic E-state index is 11.6. The number of carbonyl (C=O) groups is 1. The van der Waals surface area contributed by atoms with E-state index in [2.05, 4.69) is 11.9 Å². The maximum Gasteiger partial charge on any atom is 0.336 e. The molecule has 0 aliphatic carbocycles. The van der Waals surface area contributed by atoms with Gasteiger partial charge in [-0.05, 0) is 55.0 Å². The number of ether oxygens (including phenoxy) is 1. The first-order chi connectivity index (χ1) is 12.1. The van der Waals surface area contributed by atoms with Gasteiger partial charge in [0.15, 0.2) is 0 Å². The number of hydrogen-bond donors (Lipinski definition) is 1. The van der Waals surface area contributed by atoms with Crippen molar-refractivity contribution in [2.45, 2.75) is 19.8 Å². The molecule has 3 aromatic rings. The molecular formula is C20H18ClNO3. The van der Waals surface area contributed by atoms with Gasteiger partial charge < -0.3 is 9.84 Å². The van der Waals surface area contributed by atoms with Crippen LogP contribution < -0.4 is 4.74 Å². The molecule has 0 saturated carbocycles. The molecule has 25 heavy (non-hydrogen) atoms. The van der Waals surface area contributed by atoms with E-state index < -0.39 is 5.97 Å². The molecule has 0 saturated heterocycles. The molecule has 5 heteroatoms. The normalized spacial score (nSPS) is 10.8. The van der Waals surface area contributed by atoms with Crippen LogP contribution in [-0.4, -0.2) is 22.7 Å². The molecule has 1 aromatic heterocycles. The second-order valence-electron chi connectivity index (χ2n) is 5.75. The van der Waals surface area contributed by atoms with Crippen molar-refractivity contribution in [2.24, 2.45) is 0 Å². The van der Waals surface area contributed by atoms with Gasteiger partial charge in [-0.25, -0.2) is 9.78 Å². The molecule has 0 spiro atoms. The summed E-state index contributed by atoms with van der Waals surface area (Å²) in [6.07, 6.45) is 2.10. The van der Waals surface area contributed by atoms with E-state index in [-0.39, 0.29) is 5.56 Å². The molecule has 0 atom stereocenters. The van der Waals surface area contributed by atoms with Gasteiger partial charge in [0.2, 0.25) is 0 Å². The smallest absolute Gasteiger partial charge is 0.336 e. The Morgan fingerprint density at radius 3 is 2.60 bits per heavy atom. The number of carboxylic acids is 1. The fourth-order valence-corrected chi connectivity index (χ4v) is 2.75. The summed E-state index contributed by atoms with van der Waals surface area (Å²) >= 11 is 5.99. The molecule has 0 radical (unpaired) electrons. The Bertz CT molecular complexity index is 907. The molecule has 0 fully saturated rings. The minimum Gasteiger partial charge on any atom is -0.494 e. The van der Waals surface area contributed by atoms with Crippen LogP contribution in [0, 0.1) is 0 Å². The largest absolute Gasteiger partial charge is 0.494 e. The number of nitrogens with zero attached hydrogens (tertiary/aromatic N) is 1. The zero-order valence-electron chi connectivity index (χ0n) is 13.8. The predicted octanol–water partition coefficient (Wildman–Crippen LogP) is 5.43. The highest BCUT2D eigenvalue weighted by molar-refractivity contribution is 6.31. The lowest BCUT2D eigenvalue weighted by Gasteiger charge is -2.09. The van der Waals surface area contributed by atoms with Gasteiger partial charge in [-0.3, -0.25) is 0 Å². The maximum absolute atomic E-state index is 11.6. The number of hydrogen-bond acceptors (Lipinski definition) is 3. The van der Waals surface area contributed by atoms with Gasteiger partial charge in [-0.15, -0.1) is 0 Å². The zero-order valence-corrected chi connectivity index (χ0v) is 14.6. The quantitative estimate of drug-likeness (QED) is 0.599. The number of pyridine rings is 1. The molecule has 4 nitrogen and oxygen atoms in total. The standard InChI is InChI=1S/C20H18ClNO3/c1-2-3-10-25-15-7-4-13(5-8-15)19-12-17(20(23)24)16-11-14(21)6-9-18(16)22-19/h4-9,11-12H,2-3,10H2,1H3,(H,23,24). The van der Waals surface area contributed by atoms with Crippen LogP contribution in [0.15, 0.2) is 48.5 Å². The van der Waals surface area contributed by atoms with Crippen LogP contribution in [0.25, 0.3) is 22.2 Å². The number of aromatic carboxylic acids is 1. The first kappa shape index (κ1) is 17.2. The van der Waals surface area contributed by atoms with Gasteiger partial charge in [-0.1, -0.05) is 24.9 Å². The summed E-state index contributed by atoms with van der Waals surface area (Å²) in [6.45, 7) is 2.80. The van der Waals surface area contributed by atoms with Crippen molar-refractivity contribution in [2.75, 3.05) is 6.61 Å². The van der Waals surface area contributed by atoms with E-state index in [4.69, 9.17) is 16.3 Å². The summed E-state index contributed by atoms with van der Waals surface area (Å²) in [7, 11) is 0. The molecule has 0 aliphatic rings. The number of halogens is 1. The molecule has 128 valence electrons. The molecule has 0 unspecified atom stereocenters. The lowest BCUT2D eigenvalue weighted by molar-refractivity contribution is 0.0699. The van der Waals surface area contributed by atoms with Gasteiger partial charge in [0.25, 0.3) is 0 Å². The van der Waals surface area contributed by atoms with Crippen LogP contribution in [0.2, 0.25) is 5.02 Å². The van der Waals surface area contributed by atoms with Crippen molar-refractivity contribution >= 4 is 28.5 Å². The van der Waals surface area contributed by atoms with Crippen LogP contribution in [0.5, 0.6) is 5.75 Å². The average Bonchev–Trinajstić information content (AvgIpc) is 2.61. The third-order valence-electron chi connectivity index (χ3n) is 3.92. The van der Waals surface area contributed by atoms with Crippen LogP contribution in [0.3, 0.4) is 0 Å². The molecular weight excluding hydrogens is 338 g/mol. The Morgan fingerprint density at radius 2 is 1.92 bits per heavy atom. The summed E-state index contributed by atoms with van der Waals surface area (Å²) in [5.74, 6) is -0.210. The minimum atomic E-state index is -1.00. The summed E-state index contributed by atoms with van der Waals surface area (Å²) < 4.78 is 5.65. The third-order valence-corrected chi connectivity index (χ3v) is 4.15. The number of rotatable bonds is 6. The predicted molar refractivity (Wildman–Crippen MR) is 99.6 cm³/mol. The number of benzene rings is 2. The average molecular weight is 356 g/mol. The van der Waals surface area contributed by atoms with E-state index in [9.17, 15) is 9.90 Å². The highest BCUT2D eigenvalue weighted by Crippen LogP contribution is 2.28. The molecule has 0 amide bonds. The van der Waals surface area contributed by atoms with Gasteiger partial charge >= 0.3 is 5.97 Å². The summed E-state index contributed by atoms with van der Waals surface area (Å²) in [5, 5.41) is 10.5. The van der Waals surface area contributed by atoms with Gasteiger partial charge in [0.1, 0.15) is 5.75 Å². The second-order valence-corrected chi connectivity index (χ2v) is 6.18. The van der Waals surface area contributed by atoms with Gasteiger partial charge in [0, 0.05) is 16.0 Å². The Hall–Kier alpha value is -2.59. The first-order valence-corrected chi connectivity index (χ1v) is 8.53. The second kappa shape index (κ2) is 7.53. The summed E-state index contributed by atoms with van der Waals surface area (Å²) in [4.78, 5) is 16.2. The van der Waals surface area contributed by atoms with Crippen molar-refractivity contribution in [3.05, 3.63) is 59.1 Å². The van der Waals surface area contributed by atoms with Crippen molar-refractivity contribution in [1.29, 1.82) is 0 Å². The van der Waals surface area contributed by atoms with E-state index >= 15 is 0 Å². The molecule has 3 rings (SSSR count). The van der Waals surface area contributed by atoms with Crippen LogP contribution in [0.4, 0.5) is 0 Å². The zero-order chi connectivity index (χ0) is 17.8. The van der Waals surface area contributed by atoms with Gasteiger partial charge in [0.05, 0.1) is 23.4 Å². The topological polar surface area (TPSA) is 59.4 Å². The van der Waals surface area contributed by atoms with E-state index in [0.29, 0.717) is 28.2 Å². The Morgan fingerprint density at radius 1 is 1.16 bits per heavy atom. The Balaban J connectivity index is 1.98. The van der Waals surface area contributed by atoms with Crippen LogP contribution in [-0.2, 0) is 0 Å². The van der Waals surface area contributed by atoms with E-state index in [1.165, 1.54) is 0 Å². The van der Waals surface area contributed by atoms with Gasteiger partial charge in [-0.2, -0.15) is 0 Å². The lowest BCUT2D eigenvalue weighted by Crippen LogP contribution is -2.00. The number of fused-ring (bicyclic) bond motifs is 1. The number of unbranched alkanes of at least 4 members (excludes halogenated alkanes) is 1. The third kappa shape index (κ3) is 3.91. The van der Waals surface area contributed by atoms with E-state index in [1.807, 2.05) is 24.3 Å². The van der Waals surface area contributed by atoms with E-state index in [1.54, 1.807) is 24.3 Å². The molecule has 0 bridgehead atoms. The Labute approximate surface area is 151 Å².